The predicted octanol–water partition coefficient (Wildman–Crippen LogP) is 4.41. The number of ether oxygens (including phenoxy) is 4. The lowest BCUT2D eigenvalue weighted by atomic mass is 9.97. The zero-order chi connectivity index (χ0) is 18.1. The zero-order valence-corrected chi connectivity index (χ0v) is 15.1. The molecule has 0 radical (unpaired) electrons. The maximum atomic E-state index is 12.1. The Labute approximate surface area is 150 Å². The molecule has 0 N–H and O–H groups in total. The average molecular weight is 361 g/mol. The van der Waals surface area contributed by atoms with Crippen molar-refractivity contribution in [1.29, 1.82) is 0 Å². The van der Waals surface area contributed by atoms with Gasteiger partial charge in [-0.3, -0.25) is 4.79 Å². The van der Waals surface area contributed by atoms with Crippen molar-refractivity contribution < 1.29 is 23.7 Å². The summed E-state index contributed by atoms with van der Waals surface area (Å²) in [4.78, 5) is 12.1. The summed E-state index contributed by atoms with van der Waals surface area (Å²) >= 11 is 5.83. The Kier molecular flexibility index (Phi) is 4.59. The number of halogens is 1. The van der Waals surface area contributed by atoms with Crippen LogP contribution in [0.2, 0.25) is 0 Å². The van der Waals surface area contributed by atoms with Crippen LogP contribution in [0, 0.1) is 0 Å². The highest BCUT2D eigenvalue weighted by Crippen LogP contribution is 2.43. The third-order valence-electron chi connectivity index (χ3n) is 4.18. The smallest absolute Gasteiger partial charge is 0.256 e. The zero-order valence-electron chi connectivity index (χ0n) is 14.3. The van der Waals surface area contributed by atoms with Gasteiger partial charge in [-0.1, -0.05) is 12.1 Å². The predicted molar refractivity (Wildman–Crippen MR) is 97.8 cm³/mol. The van der Waals surface area contributed by atoms with Crippen LogP contribution in [-0.4, -0.2) is 33.7 Å². The third-order valence-corrected chi connectivity index (χ3v) is 4.37. The molecule has 3 rings (SSSR count). The molecular formula is C19H17ClO5. The minimum Gasteiger partial charge on any atom is -0.493 e. The first kappa shape index (κ1) is 17.2. The van der Waals surface area contributed by atoms with E-state index in [0.717, 1.165) is 16.2 Å². The number of carbonyl (C=O) groups excluding carboxylic acids is 1. The number of hydrogen-bond acceptors (Lipinski definition) is 5. The van der Waals surface area contributed by atoms with Gasteiger partial charge < -0.3 is 18.9 Å². The quantitative estimate of drug-likeness (QED) is 0.498. The van der Waals surface area contributed by atoms with E-state index < -0.39 is 5.24 Å². The Hall–Kier alpha value is -2.66. The van der Waals surface area contributed by atoms with Gasteiger partial charge in [0.15, 0.2) is 23.0 Å². The number of rotatable bonds is 5. The first-order chi connectivity index (χ1) is 12.0. The number of methoxy groups -OCH3 is 4. The molecule has 130 valence electrons. The van der Waals surface area contributed by atoms with Gasteiger partial charge in [-0.15, -0.1) is 0 Å². The van der Waals surface area contributed by atoms with Crippen LogP contribution in [0.5, 0.6) is 23.0 Å². The standard InChI is InChI=1S/C19H17ClO5/c1-22-14-7-10-5-6-11-13(12(10)8-15(14)23-2)9-16(24-3)18(25-4)17(11)19(20)21/h5-9H,1-4H3. The fraction of sp³-hybridized carbons (Fsp3) is 0.211. The molecule has 25 heavy (non-hydrogen) atoms. The van der Waals surface area contributed by atoms with Crippen LogP contribution in [0.4, 0.5) is 0 Å². The van der Waals surface area contributed by atoms with Crippen molar-refractivity contribution in [2.45, 2.75) is 0 Å². The van der Waals surface area contributed by atoms with Crippen molar-refractivity contribution in [1.82, 2.24) is 0 Å². The van der Waals surface area contributed by atoms with E-state index in [2.05, 4.69) is 0 Å². The molecule has 0 bridgehead atoms. The van der Waals surface area contributed by atoms with Gasteiger partial charge in [0.25, 0.3) is 5.24 Å². The lowest BCUT2D eigenvalue weighted by Gasteiger charge is -2.16. The molecule has 0 saturated heterocycles. The van der Waals surface area contributed by atoms with Crippen LogP contribution in [0.3, 0.4) is 0 Å². The van der Waals surface area contributed by atoms with E-state index in [1.807, 2.05) is 30.3 Å². The van der Waals surface area contributed by atoms with Crippen LogP contribution in [0.1, 0.15) is 10.4 Å². The average Bonchev–Trinajstić information content (AvgIpc) is 2.64. The molecular weight excluding hydrogens is 344 g/mol. The maximum Gasteiger partial charge on any atom is 0.256 e. The summed E-state index contributed by atoms with van der Waals surface area (Å²) in [6.45, 7) is 0. The molecule has 0 aromatic heterocycles. The second-order valence-electron chi connectivity index (χ2n) is 5.35. The first-order valence-electron chi connectivity index (χ1n) is 7.49. The van der Waals surface area contributed by atoms with E-state index in [1.165, 1.54) is 14.2 Å². The summed E-state index contributed by atoms with van der Waals surface area (Å²) in [5.41, 5.74) is 0.273. The highest BCUT2D eigenvalue weighted by molar-refractivity contribution is 6.69. The van der Waals surface area contributed by atoms with E-state index in [4.69, 9.17) is 30.5 Å². The van der Waals surface area contributed by atoms with Crippen molar-refractivity contribution in [2.75, 3.05) is 28.4 Å². The fourth-order valence-corrected chi connectivity index (χ4v) is 3.23. The molecule has 0 amide bonds. The topological polar surface area (TPSA) is 54.0 Å². The van der Waals surface area contributed by atoms with Gasteiger partial charge >= 0.3 is 0 Å². The Morgan fingerprint density at radius 1 is 0.760 bits per heavy atom. The molecule has 6 heteroatoms. The van der Waals surface area contributed by atoms with E-state index in [0.29, 0.717) is 28.4 Å². The molecule has 0 aliphatic carbocycles. The van der Waals surface area contributed by atoms with Crippen LogP contribution < -0.4 is 18.9 Å². The molecule has 0 spiro atoms. The molecule has 0 unspecified atom stereocenters. The summed E-state index contributed by atoms with van der Waals surface area (Å²) in [5.74, 6) is 1.97. The molecule has 3 aromatic rings. The van der Waals surface area contributed by atoms with Gasteiger partial charge in [-0.05, 0) is 51.3 Å². The second-order valence-corrected chi connectivity index (χ2v) is 5.69. The highest BCUT2D eigenvalue weighted by Gasteiger charge is 2.21. The SMILES string of the molecule is COc1cc2ccc3c(C(=O)Cl)c(OC)c(OC)cc3c2cc1OC. The summed E-state index contributed by atoms with van der Waals surface area (Å²) in [5, 5.41) is 2.69. The molecule has 0 aliphatic heterocycles. The van der Waals surface area contributed by atoms with Gasteiger partial charge in [0, 0.05) is 0 Å². The Morgan fingerprint density at radius 3 is 1.92 bits per heavy atom. The second kappa shape index (κ2) is 6.69. The summed E-state index contributed by atoms with van der Waals surface area (Å²) in [7, 11) is 6.15. The molecule has 0 heterocycles. The van der Waals surface area contributed by atoms with Gasteiger partial charge in [0.05, 0.1) is 34.0 Å². The van der Waals surface area contributed by atoms with Crippen molar-refractivity contribution in [3.8, 4) is 23.0 Å². The summed E-state index contributed by atoms with van der Waals surface area (Å²) in [6.07, 6.45) is 0. The number of hydrogen-bond donors (Lipinski definition) is 0. The first-order valence-corrected chi connectivity index (χ1v) is 7.86. The fourth-order valence-electron chi connectivity index (χ4n) is 3.04. The van der Waals surface area contributed by atoms with Gasteiger partial charge in [-0.25, -0.2) is 0 Å². The van der Waals surface area contributed by atoms with Crippen molar-refractivity contribution in [3.63, 3.8) is 0 Å². The molecule has 0 saturated carbocycles. The Balaban J connectivity index is 2.50. The Bertz CT molecular complexity index is 981. The largest absolute Gasteiger partial charge is 0.493 e. The van der Waals surface area contributed by atoms with E-state index in [1.54, 1.807) is 14.2 Å². The lowest BCUT2D eigenvalue weighted by Crippen LogP contribution is -2.00. The molecule has 3 aromatic carbocycles. The minimum atomic E-state index is -0.611. The van der Waals surface area contributed by atoms with Gasteiger partial charge in [0.2, 0.25) is 0 Å². The van der Waals surface area contributed by atoms with Crippen molar-refractivity contribution >= 4 is 38.4 Å². The van der Waals surface area contributed by atoms with Crippen LogP contribution in [0.25, 0.3) is 21.5 Å². The monoisotopic (exact) mass is 360 g/mol. The molecule has 0 fully saturated rings. The normalized spacial score (nSPS) is 10.8. The van der Waals surface area contributed by atoms with Crippen LogP contribution in [-0.2, 0) is 0 Å². The van der Waals surface area contributed by atoms with E-state index in [-0.39, 0.29) is 5.56 Å². The molecule has 5 nitrogen and oxygen atoms in total. The van der Waals surface area contributed by atoms with Crippen molar-refractivity contribution in [2.24, 2.45) is 0 Å². The van der Waals surface area contributed by atoms with Gasteiger partial charge in [0.1, 0.15) is 0 Å². The molecule has 0 aliphatic rings. The summed E-state index contributed by atoms with van der Waals surface area (Å²) in [6, 6.07) is 9.30. The van der Waals surface area contributed by atoms with E-state index >= 15 is 0 Å². The summed E-state index contributed by atoms with van der Waals surface area (Å²) < 4.78 is 21.5. The highest BCUT2D eigenvalue weighted by atomic mass is 35.5. The number of carbonyl (C=O) groups is 1. The lowest BCUT2D eigenvalue weighted by molar-refractivity contribution is 0.107. The van der Waals surface area contributed by atoms with Crippen LogP contribution in [0.15, 0.2) is 30.3 Å². The number of fused-ring (bicyclic) bond motifs is 3. The third kappa shape index (κ3) is 2.70. The van der Waals surface area contributed by atoms with Gasteiger partial charge in [-0.2, -0.15) is 0 Å². The maximum absolute atomic E-state index is 12.1. The minimum absolute atomic E-state index is 0.273. The van der Waals surface area contributed by atoms with Crippen molar-refractivity contribution in [3.05, 3.63) is 35.9 Å². The van der Waals surface area contributed by atoms with E-state index in [9.17, 15) is 4.79 Å². The van der Waals surface area contributed by atoms with Crippen LogP contribution >= 0.6 is 11.6 Å². The Morgan fingerprint density at radius 2 is 1.36 bits per heavy atom. The molecule has 0 atom stereocenters. The number of benzene rings is 3.